The first kappa shape index (κ1) is 19.5. The lowest BCUT2D eigenvalue weighted by Gasteiger charge is -2.14. The maximum Gasteiger partial charge on any atom is 0.416 e. The maximum atomic E-state index is 14.2. The Morgan fingerprint density at radius 1 is 1.00 bits per heavy atom. The van der Waals surface area contributed by atoms with Crippen molar-refractivity contribution in [2.75, 3.05) is 23.7 Å². The van der Waals surface area contributed by atoms with Crippen molar-refractivity contribution in [1.29, 1.82) is 0 Å². The highest BCUT2D eigenvalue weighted by molar-refractivity contribution is 7.97. The van der Waals surface area contributed by atoms with Crippen LogP contribution in [0.3, 0.4) is 0 Å². The summed E-state index contributed by atoms with van der Waals surface area (Å²) in [5, 5.41) is 4.73. The summed E-state index contributed by atoms with van der Waals surface area (Å²) in [5.74, 6) is -0.582. The van der Waals surface area contributed by atoms with E-state index in [1.807, 2.05) is 0 Å². The van der Waals surface area contributed by atoms with Crippen molar-refractivity contribution in [3.05, 3.63) is 53.8 Å². The minimum atomic E-state index is -4.45. The van der Waals surface area contributed by atoms with Crippen molar-refractivity contribution in [3.8, 4) is 0 Å². The van der Waals surface area contributed by atoms with Gasteiger partial charge in [0.25, 0.3) is 0 Å². The van der Waals surface area contributed by atoms with E-state index in [9.17, 15) is 22.4 Å². The predicted octanol–water partition coefficient (Wildman–Crippen LogP) is 5.59. The van der Waals surface area contributed by atoms with Crippen molar-refractivity contribution < 1.29 is 22.4 Å². The monoisotopic (exact) mass is 399 g/mol. The summed E-state index contributed by atoms with van der Waals surface area (Å²) in [7, 11) is 0. The number of hydrogen-bond acceptors (Lipinski definition) is 3. The van der Waals surface area contributed by atoms with Gasteiger partial charge in [0.05, 0.1) is 11.3 Å². The van der Waals surface area contributed by atoms with Crippen molar-refractivity contribution in [2.24, 2.45) is 0 Å². The number of carbonyl (C=O) groups excluding carboxylic acids is 1. The molecule has 9 heteroatoms. The fraction of sp³-hybridized carbons (Fsp3) is 0.278. The highest BCUT2D eigenvalue weighted by atomic mass is 32.2. The molecule has 3 rings (SSSR count). The molecule has 0 bridgehead atoms. The predicted molar refractivity (Wildman–Crippen MR) is 97.1 cm³/mol. The third-order valence-corrected chi connectivity index (χ3v) is 5.05. The van der Waals surface area contributed by atoms with E-state index in [-0.39, 0.29) is 11.4 Å². The van der Waals surface area contributed by atoms with Gasteiger partial charge in [-0.2, -0.15) is 13.2 Å². The van der Waals surface area contributed by atoms with Crippen molar-refractivity contribution in [3.63, 3.8) is 0 Å². The molecule has 0 saturated carbocycles. The fourth-order valence-electron chi connectivity index (χ4n) is 2.61. The summed E-state index contributed by atoms with van der Waals surface area (Å²) in [6.07, 6.45) is -2.20. The minimum absolute atomic E-state index is 0.00909. The molecular weight excluding hydrogens is 382 g/mol. The Balaban J connectivity index is 1.58. The lowest BCUT2D eigenvalue weighted by molar-refractivity contribution is -0.137. The first-order chi connectivity index (χ1) is 12.8. The van der Waals surface area contributed by atoms with Crippen LogP contribution in [0.1, 0.15) is 18.4 Å². The Morgan fingerprint density at radius 2 is 1.67 bits per heavy atom. The van der Waals surface area contributed by atoms with Gasteiger partial charge in [0, 0.05) is 23.7 Å². The third-order valence-electron chi connectivity index (χ3n) is 3.96. The van der Waals surface area contributed by atoms with Gasteiger partial charge in [-0.1, -0.05) is 0 Å². The lowest BCUT2D eigenvalue weighted by Crippen LogP contribution is -2.20. The van der Waals surface area contributed by atoms with Crippen LogP contribution in [0, 0.1) is 5.82 Å². The van der Waals surface area contributed by atoms with Gasteiger partial charge >= 0.3 is 12.2 Å². The second-order valence-corrected chi connectivity index (χ2v) is 7.19. The Kier molecular flexibility index (Phi) is 5.91. The molecule has 1 aliphatic rings. The average Bonchev–Trinajstić information content (AvgIpc) is 3.10. The van der Waals surface area contributed by atoms with Gasteiger partial charge in [0.1, 0.15) is 5.82 Å². The highest BCUT2D eigenvalue weighted by Gasteiger charge is 2.30. The van der Waals surface area contributed by atoms with E-state index in [4.69, 9.17) is 0 Å². The Hall–Kier alpha value is -2.26. The van der Waals surface area contributed by atoms with Gasteiger partial charge in [-0.3, -0.25) is 0 Å². The summed E-state index contributed by atoms with van der Waals surface area (Å²) >= 11 is 1.47. The number of rotatable bonds is 4. The van der Waals surface area contributed by atoms with E-state index in [0.717, 1.165) is 55.1 Å². The summed E-state index contributed by atoms with van der Waals surface area (Å²) in [6.45, 7) is 1.92. The summed E-state index contributed by atoms with van der Waals surface area (Å²) in [6, 6.07) is 7.76. The van der Waals surface area contributed by atoms with Crippen LogP contribution in [-0.4, -0.2) is 23.4 Å². The van der Waals surface area contributed by atoms with Crippen LogP contribution in [0.15, 0.2) is 47.4 Å². The van der Waals surface area contributed by atoms with Gasteiger partial charge < -0.3 is 10.6 Å². The standard InChI is InChI=1S/C18H17F4N3OS/c19-15-11-14(27-25-9-1-2-10-25)7-8-16(15)24-17(26)23-13-5-3-12(4-6-13)18(20,21)22/h3-8,11H,1-2,9-10H2,(H2,23,24,26). The molecule has 0 radical (unpaired) electrons. The number of alkyl halides is 3. The molecule has 0 unspecified atom stereocenters. The largest absolute Gasteiger partial charge is 0.416 e. The van der Waals surface area contributed by atoms with Gasteiger partial charge in [0.15, 0.2) is 0 Å². The van der Waals surface area contributed by atoms with Crippen LogP contribution >= 0.6 is 11.9 Å². The van der Waals surface area contributed by atoms with E-state index >= 15 is 0 Å². The van der Waals surface area contributed by atoms with Gasteiger partial charge in [-0.05, 0) is 67.3 Å². The number of hydrogen-bond donors (Lipinski definition) is 2. The molecule has 1 fully saturated rings. The van der Waals surface area contributed by atoms with E-state index in [1.165, 1.54) is 24.1 Å². The summed E-state index contributed by atoms with van der Waals surface area (Å²) < 4.78 is 53.9. The number of benzene rings is 2. The smallest absolute Gasteiger partial charge is 0.308 e. The quantitative estimate of drug-likeness (QED) is 0.520. The minimum Gasteiger partial charge on any atom is -0.308 e. The molecule has 4 nitrogen and oxygen atoms in total. The van der Waals surface area contributed by atoms with Gasteiger partial charge in [0.2, 0.25) is 0 Å². The van der Waals surface area contributed by atoms with Crippen LogP contribution in [0.4, 0.5) is 33.7 Å². The molecule has 0 spiro atoms. The Labute approximate surface area is 158 Å². The van der Waals surface area contributed by atoms with Crippen LogP contribution in [0.2, 0.25) is 0 Å². The number of carbonyl (C=O) groups is 1. The molecule has 2 N–H and O–H groups in total. The zero-order valence-electron chi connectivity index (χ0n) is 14.1. The first-order valence-corrected chi connectivity index (χ1v) is 9.06. The van der Waals surface area contributed by atoms with Crippen molar-refractivity contribution in [2.45, 2.75) is 23.9 Å². The average molecular weight is 399 g/mol. The van der Waals surface area contributed by atoms with E-state index < -0.39 is 23.6 Å². The highest BCUT2D eigenvalue weighted by Crippen LogP contribution is 2.30. The number of halogens is 4. The molecule has 2 aromatic rings. The van der Waals surface area contributed by atoms with E-state index in [1.54, 1.807) is 6.07 Å². The third kappa shape index (κ3) is 5.36. The number of nitrogens with one attached hydrogen (secondary N) is 2. The Morgan fingerprint density at radius 3 is 2.26 bits per heavy atom. The Bertz CT molecular complexity index is 805. The molecule has 144 valence electrons. The molecule has 1 heterocycles. The molecule has 1 saturated heterocycles. The second-order valence-electron chi connectivity index (χ2n) is 6.02. The molecule has 0 atom stereocenters. The van der Waals surface area contributed by atoms with Crippen LogP contribution in [-0.2, 0) is 6.18 Å². The molecule has 2 aromatic carbocycles. The zero-order chi connectivity index (χ0) is 19.4. The molecule has 0 aliphatic carbocycles. The molecule has 1 aliphatic heterocycles. The normalized spacial score (nSPS) is 15.0. The van der Waals surface area contributed by atoms with E-state index in [0.29, 0.717) is 0 Å². The molecule has 27 heavy (non-hydrogen) atoms. The van der Waals surface area contributed by atoms with Crippen LogP contribution in [0.25, 0.3) is 0 Å². The van der Waals surface area contributed by atoms with Gasteiger partial charge in [-0.15, -0.1) is 0 Å². The maximum absolute atomic E-state index is 14.2. The van der Waals surface area contributed by atoms with Crippen molar-refractivity contribution in [1.82, 2.24) is 4.31 Å². The molecule has 0 aromatic heterocycles. The number of anilines is 2. The fourth-order valence-corrected chi connectivity index (χ4v) is 3.63. The van der Waals surface area contributed by atoms with Crippen LogP contribution in [0.5, 0.6) is 0 Å². The van der Waals surface area contributed by atoms with Gasteiger partial charge in [-0.25, -0.2) is 13.5 Å². The molecule has 2 amide bonds. The molecular formula is C18H17F4N3OS. The summed E-state index contributed by atoms with van der Waals surface area (Å²) in [5.41, 5.74) is -0.655. The number of urea groups is 1. The lowest BCUT2D eigenvalue weighted by atomic mass is 10.2. The summed E-state index contributed by atoms with van der Waals surface area (Å²) in [4.78, 5) is 12.7. The SMILES string of the molecule is O=C(Nc1ccc(C(F)(F)F)cc1)Nc1ccc(SN2CCCC2)cc1F. The number of amides is 2. The zero-order valence-corrected chi connectivity index (χ0v) is 15.0. The number of nitrogens with zero attached hydrogens (tertiary/aromatic N) is 1. The first-order valence-electron chi connectivity index (χ1n) is 8.29. The second kappa shape index (κ2) is 8.18. The van der Waals surface area contributed by atoms with E-state index in [2.05, 4.69) is 14.9 Å². The van der Waals surface area contributed by atoms with Crippen molar-refractivity contribution >= 4 is 29.4 Å². The van der Waals surface area contributed by atoms with Crippen LogP contribution < -0.4 is 10.6 Å². The topological polar surface area (TPSA) is 44.4 Å².